The topological polar surface area (TPSA) is 47.3 Å². The van der Waals surface area contributed by atoms with Gasteiger partial charge in [0.15, 0.2) is 0 Å². The number of ether oxygens (including phenoxy) is 1. The molecule has 0 aromatic heterocycles. The van der Waals surface area contributed by atoms with Crippen molar-refractivity contribution >= 4 is 5.69 Å². The minimum Gasteiger partial charge on any atom is -0.497 e. The van der Waals surface area contributed by atoms with Crippen LogP contribution in [0.1, 0.15) is 25.3 Å². The Hall–Kier alpha value is -1.22. The van der Waals surface area contributed by atoms with E-state index in [0.29, 0.717) is 5.54 Å². The second kappa shape index (κ2) is 3.74. The molecule has 1 fully saturated rings. The largest absolute Gasteiger partial charge is 0.497 e. The van der Waals surface area contributed by atoms with Crippen molar-refractivity contribution in [2.75, 3.05) is 12.8 Å². The molecular weight excluding hydrogens is 188 g/mol. The fourth-order valence-electron chi connectivity index (χ4n) is 1.53. The summed E-state index contributed by atoms with van der Waals surface area (Å²) in [4.78, 5) is 0. The van der Waals surface area contributed by atoms with Crippen molar-refractivity contribution in [2.45, 2.75) is 31.8 Å². The molecule has 0 unspecified atom stereocenters. The Labute approximate surface area is 90.6 Å². The summed E-state index contributed by atoms with van der Waals surface area (Å²) in [6, 6.07) is 5.84. The van der Waals surface area contributed by atoms with Gasteiger partial charge in [-0.2, -0.15) is 0 Å². The number of hydrogen-bond acceptors (Lipinski definition) is 3. The number of nitrogens with two attached hydrogens (primary N) is 1. The molecule has 0 atom stereocenters. The molecule has 1 saturated carbocycles. The van der Waals surface area contributed by atoms with Crippen LogP contribution in [-0.2, 0) is 6.54 Å². The third-order valence-corrected chi connectivity index (χ3v) is 3.06. The highest BCUT2D eigenvalue weighted by molar-refractivity contribution is 5.51. The van der Waals surface area contributed by atoms with Gasteiger partial charge in [0.1, 0.15) is 5.75 Å². The van der Waals surface area contributed by atoms with Gasteiger partial charge in [0.05, 0.1) is 7.11 Å². The highest BCUT2D eigenvalue weighted by atomic mass is 16.5. The van der Waals surface area contributed by atoms with E-state index in [1.54, 1.807) is 7.11 Å². The Morgan fingerprint density at radius 3 is 2.73 bits per heavy atom. The van der Waals surface area contributed by atoms with Crippen molar-refractivity contribution < 1.29 is 4.74 Å². The lowest BCUT2D eigenvalue weighted by Gasteiger charge is -2.13. The first kappa shape index (κ1) is 10.3. The number of hydrogen-bond donors (Lipinski definition) is 2. The van der Waals surface area contributed by atoms with Crippen LogP contribution < -0.4 is 15.8 Å². The lowest BCUT2D eigenvalue weighted by atomic mass is 10.1. The van der Waals surface area contributed by atoms with Crippen molar-refractivity contribution in [1.82, 2.24) is 5.32 Å². The fourth-order valence-corrected chi connectivity index (χ4v) is 1.53. The Balaban J connectivity index is 2.01. The van der Waals surface area contributed by atoms with Crippen LogP contribution >= 0.6 is 0 Å². The first-order valence-corrected chi connectivity index (χ1v) is 5.30. The van der Waals surface area contributed by atoms with Crippen molar-refractivity contribution in [3.8, 4) is 5.75 Å². The van der Waals surface area contributed by atoms with E-state index in [-0.39, 0.29) is 0 Å². The van der Waals surface area contributed by atoms with Crippen LogP contribution in [0.3, 0.4) is 0 Å². The summed E-state index contributed by atoms with van der Waals surface area (Å²) in [5.74, 6) is 0.814. The van der Waals surface area contributed by atoms with Gasteiger partial charge in [-0.3, -0.25) is 0 Å². The average molecular weight is 206 g/mol. The number of rotatable bonds is 4. The Morgan fingerprint density at radius 1 is 1.47 bits per heavy atom. The van der Waals surface area contributed by atoms with E-state index in [1.165, 1.54) is 12.8 Å². The van der Waals surface area contributed by atoms with Crippen molar-refractivity contribution in [2.24, 2.45) is 0 Å². The fraction of sp³-hybridized carbons (Fsp3) is 0.500. The minimum absolute atomic E-state index is 0.354. The SMILES string of the molecule is COc1ccc(CNC2(C)CC2)c(N)c1. The van der Waals surface area contributed by atoms with Gasteiger partial charge >= 0.3 is 0 Å². The Morgan fingerprint density at radius 2 is 2.20 bits per heavy atom. The molecule has 1 aromatic rings. The molecule has 0 heterocycles. The number of anilines is 1. The van der Waals surface area contributed by atoms with Gasteiger partial charge < -0.3 is 15.8 Å². The maximum atomic E-state index is 5.93. The third kappa shape index (κ3) is 2.42. The molecular formula is C12H18N2O. The zero-order valence-electron chi connectivity index (χ0n) is 9.34. The summed E-state index contributed by atoms with van der Waals surface area (Å²) in [5.41, 5.74) is 8.22. The van der Waals surface area contributed by atoms with Gasteiger partial charge in [0.2, 0.25) is 0 Å². The average Bonchev–Trinajstić information content (AvgIpc) is 2.95. The van der Waals surface area contributed by atoms with Gasteiger partial charge in [0.25, 0.3) is 0 Å². The summed E-state index contributed by atoms with van der Waals surface area (Å²) in [7, 11) is 1.65. The van der Waals surface area contributed by atoms with Crippen LogP contribution in [-0.4, -0.2) is 12.6 Å². The summed E-state index contributed by atoms with van der Waals surface area (Å²) in [5, 5.41) is 3.51. The lowest BCUT2D eigenvalue weighted by molar-refractivity contribution is 0.415. The molecule has 3 nitrogen and oxygen atoms in total. The van der Waals surface area contributed by atoms with Gasteiger partial charge in [-0.05, 0) is 31.4 Å². The van der Waals surface area contributed by atoms with E-state index in [9.17, 15) is 0 Å². The predicted octanol–water partition coefficient (Wildman–Crippen LogP) is 1.92. The van der Waals surface area contributed by atoms with Crippen LogP contribution in [0.2, 0.25) is 0 Å². The van der Waals surface area contributed by atoms with Gasteiger partial charge in [0, 0.05) is 23.8 Å². The number of methoxy groups -OCH3 is 1. The van der Waals surface area contributed by atoms with Gasteiger partial charge in [-0.15, -0.1) is 0 Å². The zero-order chi connectivity index (χ0) is 10.9. The highest BCUT2D eigenvalue weighted by Crippen LogP contribution is 2.34. The van der Waals surface area contributed by atoms with E-state index in [2.05, 4.69) is 12.2 Å². The Bertz CT molecular complexity index is 359. The van der Waals surface area contributed by atoms with Crippen molar-refractivity contribution in [3.63, 3.8) is 0 Å². The molecule has 1 aromatic carbocycles. The monoisotopic (exact) mass is 206 g/mol. The molecule has 0 radical (unpaired) electrons. The molecule has 0 aliphatic heterocycles. The maximum absolute atomic E-state index is 5.93. The molecule has 3 heteroatoms. The maximum Gasteiger partial charge on any atom is 0.120 e. The van der Waals surface area contributed by atoms with Crippen molar-refractivity contribution in [3.05, 3.63) is 23.8 Å². The third-order valence-electron chi connectivity index (χ3n) is 3.06. The smallest absolute Gasteiger partial charge is 0.120 e. The number of nitrogen functional groups attached to an aromatic ring is 1. The van der Waals surface area contributed by atoms with Crippen molar-refractivity contribution in [1.29, 1.82) is 0 Å². The molecule has 1 aliphatic rings. The lowest BCUT2D eigenvalue weighted by Crippen LogP contribution is -2.27. The standard InChI is InChI=1S/C12H18N2O/c1-12(5-6-12)14-8-9-3-4-10(15-2)7-11(9)13/h3-4,7,14H,5-6,8,13H2,1-2H3. The molecule has 2 rings (SSSR count). The summed E-state index contributed by atoms with van der Waals surface area (Å²) >= 11 is 0. The molecule has 0 bridgehead atoms. The van der Waals surface area contributed by atoms with E-state index in [4.69, 9.17) is 10.5 Å². The first-order valence-electron chi connectivity index (χ1n) is 5.30. The zero-order valence-corrected chi connectivity index (χ0v) is 9.34. The number of nitrogens with one attached hydrogen (secondary N) is 1. The van der Waals surface area contributed by atoms with E-state index in [0.717, 1.165) is 23.5 Å². The van der Waals surface area contributed by atoms with Gasteiger partial charge in [-0.25, -0.2) is 0 Å². The molecule has 3 N–H and O–H groups in total. The normalized spacial score (nSPS) is 17.5. The first-order chi connectivity index (χ1) is 7.13. The van der Waals surface area contributed by atoms with Crippen LogP contribution in [0.15, 0.2) is 18.2 Å². The van der Waals surface area contributed by atoms with Gasteiger partial charge in [-0.1, -0.05) is 6.07 Å². The summed E-state index contributed by atoms with van der Waals surface area (Å²) < 4.78 is 5.11. The molecule has 82 valence electrons. The quantitative estimate of drug-likeness (QED) is 0.740. The molecule has 0 spiro atoms. The van der Waals surface area contributed by atoms with E-state index in [1.807, 2.05) is 18.2 Å². The van der Waals surface area contributed by atoms with E-state index < -0.39 is 0 Å². The Kier molecular flexibility index (Phi) is 2.57. The molecule has 1 aliphatic carbocycles. The molecule has 15 heavy (non-hydrogen) atoms. The van der Waals surface area contributed by atoms with Crippen LogP contribution in [0, 0.1) is 0 Å². The van der Waals surface area contributed by atoms with Crippen LogP contribution in [0.5, 0.6) is 5.75 Å². The predicted molar refractivity (Wildman–Crippen MR) is 61.9 cm³/mol. The summed E-state index contributed by atoms with van der Waals surface area (Å²) in [6.07, 6.45) is 2.53. The van der Waals surface area contributed by atoms with Crippen LogP contribution in [0.4, 0.5) is 5.69 Å². The number of benzene rings is 1. The molecule has 0 saturated heterocycles. The highest BCUT2D eigenvalue weighted by Gasteiger charge is 2.36. The second-order valence-electron chi connectivity index (χ2n) is 4.48. The summed E-state index contributed by atoms with van der Waals surface area (Å²) in [6.45, 7) is 3.08. The second-order valence-corrected chi connectivity index (χ2v) is 4.48. The molecule has 0 amide bonds. The van der Waals surface area contributed by atoms with E-state index >= 15 is 0 Å². The van der Waals surface area contributed by atoms with Crippen LogP contribution in [0.25, 0.3) is 0 Å². The minimum atomic E-state index is 0.354.